The number of rotatable bonds is 4. The molecule has 5 nitrogen and oxygen atoms in total. The first kappa shape index (κ1) is 13.8. The molecule has 2 N–H and O–H groups in total. The zero-order valence-electron chi connectivity index (χ0n) is 11.2. The highest BCUT2D eigenvalue weighted by atomic mass is 79.9. The van der Waals surface area contributed by atoms with Crippen LogP contribution in [0.3, 0.4) is 0 Å². The summed E-state index contributed by atoms with van der Waals surface area (Å²) >= 11 is 3.37. The van der Waals surface area contributed by atoms with Crippen molar-refractivity contribution in [3.8, 4) is 11.4 Å². The van der Waals surface area contributed by atoms with Gasteiger partial charge in [-0.2, -0.15) is 4.98 Å². The van der Waals surface area contributed by atoms with Crippen LogP contribution in [-0.2, 0) is 12.8 Å². The van der Waals surface area contributed by atoms with Crippen LogP contribution < -0.4 is 5.73 Å². The lowest BCUT2D eigenvalue weighted by Gasteiger charge is -1.99. The Labute approximate surface area is 130 Å². The summed E-state index contributed by atoms with van der Waals surface area (Å²) in [5.41, 5.74) is 8.50. The van der Waals surface area contributed by atoms with Crippen LogP contribution in [0.15, 0.2) is 51.7 Å². The molecule has 0 aliphatic carbocycles. The van der Waals surface area contributed by atoms with Crippen LogP contribution in [0.1, 0.15) is 11.5 Å². The summed E-state index contributed by atoms with van der Waals surface area (Å²) in [5, 5.41) is 3.99. The smallest absolute Gasteiger partial charge is 0.227 e. The summed E-state index contributed by atoms with van der Waals surface area (Å²) in [6.45, 7) is 0. The van der Waals surface area contributed by atoms with Gasteiger partial charge < -0.3 is 10.3 Å². The quantitative estimate of drug-likeness (QED) is 0.735. The molecule has 3 rings (SSSR count). The van der Waals surface area contributed by atoms with Crippen molar-refractivity contribution in [1.82, 2.24) is 15.1 Å². The van der Waals surface area contributed by atoms with E-state index in [1.165, 1.54) is 0 Å². The highest BCUT2D eigenvalue weighted by Crippen LogP contribution is 2.19. The second-order valence-electron chi connectivity index (χ2n) is 4.65. The number of nitrogens with zero attached hydrogens (tertiary/aromatic N) is 3. The topological polar surface area (TPSA) is 77.8 Å². The van der Waals surface area contributed by atoms with E-state index in [-0.39, 0.29) is 0 Å². The molecular weight excluding hydrogens is 332 g/mol. The van der Waals surface area contributed by atoms with E-state index in [2.05, 4.69) is 31.1 Å². The van der Waals surface area contributed by atoms with Crippen LogP contribution in [0, 0.1) is 0 Å². The Bertz CT molecular complexity index is 757. The van der Waals surface area contributed by atoms with Crippen LogP contribution in [-0.4, -0.2) is 15.1 Å². The molecule has 0 spiro atoms. The maximum absolute atomic E-state index is 5.76. The Morgan fingerprint density at radius 3 is 2.86 bits per heavy atom. The molecule has 106 valence electrons. The molecule has 0 unspecified atom stereocenters. The summed E-state index contributed by atoms with van der Waals surface area (Å²) < 4.78 is 6.16. The molecule has 0 aliphatic rings. The lowest BCUT2D eigenvalue weighted by molar-refractivity contribution is 0.379. The first-order chi connectivity index (χ1) is 10.2. The number of nitrogen functional groups attached to an aromatic ring is 1. The Kier molecular flexibility index (Phi) is 3.96. The number of nitrogens with two attached hydrogens (primary N) is 1. The van der Waals surface area contributed by atoms with E-state index in [1.54, 1.807) is 12.4 Å². The van der Waals surface area contributed by atoms with Gasteiger partial charge in [0.05, 0.1) is 0 Å². The van der Waals surface area contributed by atoms with Crippen molar-refractivity contribution in [1.29, 1.82) is 0 Å². The number of aryl methyl sites for hydroxylation is 2. The van der Waals surface area contributed by atoms with Crippen LogP contribution in [0.5, 0.6) is 0 Å². The van der Waals surface area contributed by atoms with Crippen LogP contribution in [0.4, 0.5) is 5.69 Å². The Morgan fingerprint density at radius 2 is 2.05 bits per heavy atom. The van der Waals surface area contributed by atoms with Gasteiger partial charge in [-0.3, -0.25) is 4.98 Å². The lowest BCUT2D eigenvalue weighted by atomic mass is 10.1. The first-order valence-corrected chi connectivity index (χ1v) is 7.28. The maximum Gasteiger partial charge on any atom is 0.227 e. The number of pyridine rings is 1. The molecule has 0 bridgehead atoms. The van der Waals surface area contributed by atoms with Gasteiger partial charge in [-0.1, -0.05) is 17.3 Å². The van der Waals surface area contributed by atoms with E-state index < -0.39 is 0 Å². The molecule has 6 heteroatoms. The third kappa shape index (κ3) is 3.46. The fourth-order valence-corrected chi connectivity index (χ4v) is 2.37. The average molecular weight is 345 g/mol. The molecule has 0 saturated carbocycles. The minimum absolute atomic E-state index is 0.548. The maximum atomic E-state index is 5.76. The summed E-state index contributed by atoms with van der Waals surface area (Å²) in [6, 6.07) is 9.70. The largest absolute Gasteiger partial charge is 0.399 e. The third-order valence-corrected chi connectivity index (χ3v) is 3.44. The molecule has 0 amide bonds. The van der Waals surface area contributed by atoms with Gasteiger partial charge in [-0.05, 0) is 46.1 Å². The van der Waals surface area contributed by atoms with Gasteiger partial charge in [-0.15, -0.1) is 0 Å². The fourth-order valence-electron chi connectivity index (χ4n) is 2.01. The number of anilines is 1. The van der Waals surface area contributed by atoms with Crippen LogP contribution >= 0.6 is 15.9 Å². The Morgan fingerprint density at radius 1 is 1.14 bits per heavy atom. The van der Waals surface area contributed by atoms with Gasteiger partial charge in [0.1, 0.15) is 0 Å². The minimum atomic E-state index is 0.548. The zero-order valence-corrected chi connectivity index (χ0v) is 12.7. The zero-order chi connectivity index (χ0) is 14.7. The molecule has 1 aromatic carbocycles. The predicted octanol–water partition coefficient (Wildman–Crippen LogP) is 3.26. The van der Waals surface area contributed by atoms with E-state index >= 15 is 0 Å². The monoisotopic (exact) mass is 344 g/mol. The van der Waals surface area contributed by atoms with Gasteiger partial charge >= 0.3 is 0 Å². The van der Waals surface area contributed by atoms with Crippen LogP contribution in [0.25, 0.3) is 11.4 Å². The molecule has 0 radical (unpaired) electrons. The van der Waals surface area contributed by atoms with E-state index in [9.17, 15) is 0 Å². The highest BCUT2D eigenvalue weighted by molar-refractivity contribution is 9.10. The normalized spacial score (nSPS) is 10.7. The summed E-state index contributed by atoms with van der Waals surface area (Å²) in [7, 11) is 0. The second kappa shape index (κ2) is 6.05. The predicted molar refractivity (Wildman–Crippen MR) is 83.5 cm³/mol. The molecule has 21 heavy (non-hydrogen) atoms. The molecule has 3 aromatic rings. The van der Waals surface area contributed by atoms with Gasteiger partial charge in [-0.25, -0.2) is 0 Å². The van der Waals surface area contributed by atoms with Crippen molar-refractivity contribution in [2.75, 3.05) is 5.73 Å². The van der Waals surface area contributed by atoms with Crippen molar-refractivity contribution in [2.45, 2.75) is 12.8 Å². The molecule has 0 atom stereocenters. The molecule has 0 saturated heterocycles. The van der Waals surface area contributed by atoms with E-state index in [0.717, 1.165) is 27.7 Å². The summed E-state index contributed by atoms with van der Waals surface area (Å²) in [6.07, 6.45) is 4.91. The Hall–Kier alpha value is -2.21. The highest BCUT2D eigenvalue weighted by Gasteiger charge is 2.09. The van der Waals surface area contributed by atoms with Crippen molar-refractivity contribution >= 4 is 21.6 Å². The fraction of sp³-hybridized carbons (Fsp3) is 0.133. The van der Waals surface area contributed by atoms with Crippen molar-refractivity contribution in [3.05, 3.63) is 58.7 Å². The van der Waals surface area contributed by atoms with Crippen LogP contribution in [0.2, 0.25) is 0 Å². The van der Waals surface area contributed by atoms with Gasteiger partial charge in [0.2, 0.25) is 11.7 Å². The van der Waals surface area contributed by atoms with E-state index in [1.807, 2.05) is 30.3 Å². The number of halogens is 1. The molecule has 0 aliphatic heterocycles. The number of hydrogen-bond acceptors (Lipinski definition) is 5. The SMILES string of the molecule is Nc1cccc(CCc2nc(-c3cncc(Br)c3)no2)c1. The van der Waals surface area contributed by atoms with Gasteiger partial charge in [0.15, 0.2) is 0 Å². The molecular formula is C15H13BrN4O. The van der Waals surface area contributed by atoms with Crippen molar-refractivity contribution in [3.63, 3.8) is 0 Å². The first-order valence-electron chi connectivity index (χ1n) is 6.48. The average Bonchev–Trinajstić information content (AvgIpc) is 2.94. The minimum Gasteiger partial charge on any atom is -0.399 e. The molecule has 2 aromatic heterocycles. The van der Waals surface area contributed by atoms with Crippen molar-refractivity contribution in [2.24, 2.45) is 0 Å². The molecule has 2 heterocycles. The number of aromatic nitrogens is 3. The summed E-state index contributed by atoms with van der Waals surface area (Å²) in [5.74, 6) is 1.15. The van der Waals surface area contributed by atoms with E-state index in [0.29, 0.717) is 18.1 Å². The van der Waals surface area contributed by atoms with Crippen molar-refractivity contribution < 1.29 is 4.52 Å². The molecule has 0 fully saturated rings. The lowest BCUT2D eigenvalue weighted by Crippen LogP contribution is -1.93. The van der Waals surface area contributed by atoms with Gasteiger partial charge in [0.25, 0.3) is 0 Å². The van der Waals surface area contributed by atoms with E-state index in [4.69, 9.17) is 10.3 Å². The second-order valence-corrected chi connectivity index (χ2v) is 5.56. The van der Waals surface area contributed by atoms with Gasteiger partial charge in [0, 0.05) is 34.5 Å². The Balaban J connectivity index is 1.71. The summed E-state index contributed by atoms with van der Waals surface area (Å²) in [4.78, 5) is 8.48. The number of benzene rings is 1. The number of hydrogen-bond donors (Lipinski definition) is 1. The standard InChI is InChI=1S/C15H13BrN4O/c16-12-7-11(8-18-9-12)15-19-14(21-20-15)5-4-10-2-1-3-13(17)6-10/h1-3,6-9H,4-5,17H2. The third-order valence-electron chi connectivity index (χ3n) is 3.01.